The second kappa shape index (κ2) is 5.42. The number of nitro groups is 1. The van der Waals surface area contributed by atoms with E-state index in [2.05, 4.69) is 20.4 Å². The Kier molecular flexibility index (Phi) is 3.69. The second-order valence-electron chi connectivity index (χ2n) is 3.94. The first-order valence-corrected chi connectivity index (χ1v) is 5.77. The molecule has 0 saturated carbocycles. The largest absolute Gasteiger partial charge is 0.360 e. The summed E-state index contributed by atoms with van der Waals surface area (Å²) in [6, 6.07) is 2.79. The Hall–Kier alpha value is -2.51. The Morgan fingerprint density at radius 2 is 2.32 bits per heavy atom. The average Bonchev–Trinajstić information content (AvgIpc) is 2.83. The van der Waals surface area contributed by atoms with Crippen molar-refractivity contribution in [2.45, 2.75) is 26.3 Å². The van der Waals surface area contributed by atoms with E-state index in [4.69, 9.17) is 4.52 Å². The minimum absolute atomic E-state index is 0.0472. The molecule has 0 spiro atoms. The summed E-state index contributed by atoms with van der Waals surface area (Å²) < 4.78 is 4.92. The first-order chi connectivity index (χ1) is 9.10. The van der Waals surface area contributed by atoms with Crippen LogP contribution < -0.4 is 5.32 Å². The summed E-state index contributed by atoms with van der Waals surface area (Å²) in [5.41, 5.74) is -0.0472. The molecule has 19 heavy (non-hydrogen) atoms. The van der Waals surface area contributed by atoms with Gasteiger partial charge < -0.3 is 9.84 Å². The van der Waals surface area contributed by atoms with E-state index in [1.165, 1.54) is 12.3 Å². The zero-order chi connectivity index (χ0) is 13.8. The normalized spacial score (nSPS) is 12.1. The molecule has 1 unspecified atom stereocenters. The molecule has 8 heteroatoms. The van der Waals surface area contributed by atoms with Crippen molar-refractivity contribution < 1.29 is 9.45 Å². The molecule has 0 amide bonds. The molecule has 0 radical (unpaired) electrons. The van der Waals surface area contributed by atoms with Gasteiger partial charge in [0.1, 0.15) is 12.0 Å². The fraction of sp³-hybridized carbons (Fsp3) is 0.364. The van der Waals surface area contributed by atoms with Gasteiger partial charge in [-0.1, -0.05) is 12.1 Å². The van der Waals surface area contributed by atoms with E-state index >= 15 is 0 Å². The van der Waals surface area contributed by atoms with E-state index in [-0.39, 0.29) is 11.7 Å². The van der Waals surface area contributed by atoms with Gasteiger partial charge in [-0.2, -0.15) is 4.98 Å². The molecular formula is C11H13N5O3. The van der Waals surface area contributed by atoms with Crippen molar-refractivity contribution in [3.8, 4) is 0 Å². The van der Waals surface area contributed by atoms with Gasteiger partial charge in [-0.3, -0.25) is 10.1 Å². The zero-order valence-corrected chi connectivity index (χ0v) is 10.5. The summed E-state index contributed by atoms with van der Waals surface area (Å²) in [7, 11) is 0. The summed E-state index contributed by atoms with van der Waals surface area (Å²) >= 11 is 0. The van der Waals surface area contributed by atoms with Crippen LogP contribution in [-0.2, 0) is 0 Å². The number of pyridine rings is 1. The van der Waals surface area contributed by atoms with Crippen molar-refractivity contribution in [2.24, 2.45) is 0 Å². The number of anilines is 1. The van der Waals surface area contributed by atoms with E-state index < -0.39 is 4.92 Å². The van der Waals surface area contributed by atoms with Crippen LogP contribution in [0, 0.1) is 17.0 Å². The van der Waals surface area contributed by atoms with E-state index in [0.717, 1.165) is 6.42 Å². The molecule has 0 aliphatic rings. The molecule has 1 N–H and O–H groups in total. The molecule has 2 heterocycles. The van der Waals surface area contributed by atoms with Crippen molar-refractivity contribution in [3.63, 3.8) is 0 Å². The minimum atomic E-state index is -0.489. The summed E-state index contributed by atoms with van der Waals surface area (Å²) in [5.74, 6) is 1.56. The van der Waals surface area contributed by atoms with Gasteiger partial charge in [0.2, 0.25) is 5.89 Å². The quantitative estimate of drug-likeness (QED) is 0.651. The van der Waals surface area contributed by atoms with Gasteiger partial charge in [0.25, 0.3) is 5.69 Å². The zero-order valence-electron chi connectivity index (χ0n) is 10.5. The lowest BCUT2D eigenvalue weighted by molar-refractivity contribution is -0.385. The van der Waals surface area contributed by atoms with Crippen LogP contribution in [0.5, 0.6) is 0 Å². The number of aryl methyl sites for hydroxylation is 1. The molecule has 0 saturated heterocycles. The molecule has 0 aromatic carbocycles. The van der Waals surface area contributed by atoms with E-state index in [1.54, 1.807) is 13.0 Å². The van der Waals surface area contributed by atoms with Crippen LogP contribution in [0.1, 0.15) is 31.1 Å². The van der Waals surface area contributed by atoms with Crippen LogP contribution in [0.2, 0.25) is 0 Å². The van der Waals surface area contributed by atoms with Crippen molar-refractivity contribution in [2.75, 3.05) is 5.32 Å². The Bertz CT molecular complexity index is 566. The second-order valence-corrected chi connectivity index (χ2v) is 3.94. The van der Waals surface area contributed by atoms with Crippen molar-refractivity contribution in [3.05, 3.63) is 40.2 Å². The molecule has 0 aliphatic heterocycles. The molecule has 0 fully saturated rings. The van der Waals surface area contributed by atoms with E-state index in [9.17, 15) is 10.1 Å². The van der Waals surface area contributed by atoms with Crippen LogP contribution in [-0.4, -0.2) is 20.0 Å². The SMILES string of the molecule is CCC(Nc1ccc([N+](=O)[O-])cn1)c1noc(C)n1. The molecule has 1 atom stereocenters. The third kappa shape index (κ3) is 3.03. The maximum Gasteiger partial charge on any atom is 0.287 e. The third-order valence-corrected chi connectivity index (χ3v) is 2.54. The Morgan fingerprint density at radius 3 is 2.79 bits per heavy atom. The Morgan fingerprint density at radius 1 is 1.53 bits per heavy atom. The highest BCUT2D eigenvalue weighted by molar-refractivity contribution is 5.41. The molecule has 0 aliphatic carbocycles. The molecule has 100 valence electrons. The number of hydrogen-bond donors (Lipinski definition) is 1. The molecule has 8 nitrogen and oxygen atoms in total. The highest BCUT2D eigenvalue weighted by atomic mass is 16.6. The summed E-state index contributed by atoms with van der Waals surface area (Å²) in [4.78, 5) is 18.2. The number of aromatic nitrogens is 3. The standard InChI is InChI=1S/C11H13N5O3/c1-3-9(11-13-7(2)19-15-11)14-10-5-4-8(6-12-10)16(17)18/h4-6,9H,3H2,1-2H3,(H,12,14). The highest BCUT2D eigenvalue weighted by Gasteiger charge is 2.16. The van der Waals surface area contributed by atoms with Crippen LogP contribution in [0.25, 0.3) is 0 Å². The van der Waals surface area contributed by atoms with Gasteiger partial charge in [-0.15, -0.1) is 0 Å². The molecule has 2 rings (SSSR count). The third-order valence-electron chi connectivity index (χ3n) is 2.54. The smallest absolute Gasteiger partial charge is 0.287 e. The van der Waals surface area contributed by atoms with Crippen LogP contribution in [0.3, 0.4) is 0 Å². The predicted octanol–water partition coefficient (Wildman–Crippen LogP) is 2.24. The van der Waals surface area contributed by atoms with Gasteiger partial charge in [0.05, 0.1) is 11.0 Å². The van der Waals surface area contributed by atoms with Crippen molar-refractivity contribution in [1.82, 2.24) is 15.1 Å². The topological polar surface area (TPSA) is 107 Å². The van der Waals surface area contributed by atoms with Crippen molar-refractivity contribution >= 4 is 11.5 Å². The highest BCUT2D eigenvalue weighted by Crippen LogP contribution is 2.20. The summed E-state index contributed by atoms with van der Waals surface area (Å²) in [6.45, 7) is 3.68. The Labute approximate surface area is 109 Å². The fourth-order valence-corrected chi connectivity index (χ4v) is 1.56. The maximum absolute atomic E-state index is 10.5. The fourth-order valence-electron chi connectivity index (χ4n) is 1.56. The van der Waals surface area contributed by atoms with Gasteiger partial charge in [0, 0.05) is 13.0 Å². The summed E-state index contributed by atoms with van der Waals surface area (Å²) in [5, 5.41) is 17.5. The average molecular weight is 263 g/mol. The van der Waals surface area contributed by atoms with E-state index in [0.29, 0.717) is 17.5 Å². The lowest BCUT2D eigenvalue weighted by Gasteiger charge is -2.13. The van der Waals surface area contributed by atoms with Crippen LogP contribution >= 0.6 is 0 Å². The lowest BCUT2D eigenvalue weighted by atomic mass is 10.2. The number of nitrogens with zero attached hydrogens (tertiary/aromatic N) is 4. The van der Waals surface area contributed by atoms with Gasteiger partial charge in [-0.25, -0.2) is 4.98 Å². The number of rotatable bonds is 5. The van der Waals surface area contributed by atoms with Gasteiger partial charge in [0.15, 0.2) is 5.82 Å². The molecular weight excluding hydrogens is 250 g/mol. The first-order valence-electron chi connectivity index (χ1n) is 5.77. The molecule has 0 bridgehead atoms. The van der Waals surface area contributed by atoms with Crippen molar-refractivity contribution in [1.29, 1.82) is 0 Å². The van der Waals surface area contributed by atoms with Crippen LogP contribution in [0.4, 0.5) is 11.5 Å². The number of hydrogen-bond acceptors (Lipinski definition) is 7. The molecule has 2 aromatic heterocycles. The minimum Gasteiger partial charge on any atom is -0.360 e. The monoisotopic (exact) mass is 263 g/mol. The van der Waals surface area contributed by atoms with Gasteiger partial charge >= 0.3 is 0 Å². The Balaban J connectivity index is 2.12. The maximum atomic E-state index is 10.5. The summed E-state index contributed by atoms with van der Waals surface area (Å²) in [6.07, 6.45) is 1.94. The number of nitrogens with one attached hydrogen (secondary N) is 1. The van der Waals surface area contributed by atoms with Crippen LogP contribution in [0.15, 0.2) is 22.9 Å². The lowest BCUT2D eigenvalue weighted by Crippen LogP contribution is -2.12. The molecule has 2 aromatic rings. The van der Waals surface area contributed by atoms with E-state index in [1.807, 2.05) is 6.92 Å². The van der Waals surface area contributed by atoms with Gasteiger partial charge in [-0.05, 0) is 12.5 Å². The first kappa shape index (κ1) is 12.9. The predicted molar refractivity (Wildman–Crippen MR) is 66.6 cm³/mol.